The van der Waals surface area contributed by atoms with Crippen LogP contribution >= 0.6 is 0 Å². The van der Waals surface area contributed by atoms with Gasteiger partial charge in [0.2, 0.25) is 17.5 Å². The summed E-state index contributed by atoms with van der Waals surface area (Å²) in [6, 6.07) is 1.13. The summed E-state index contributed by atoms with van der Waals surface area (Å²) in [5.74, 6) is 0.00582. The van der Waals surface area contributed by atoms with Gasteiger partial charge in [0.15, 0.2) is 0 Å². The zero-order valence-electron chi connectivity index (χ0n) is 10.7. The number of aliphatic hydroxyl groups is 4. The van der Waals surface area contributed by atoms with Crippen molar-refractivity contribution in [3.05, 3.63) is 28.3 Å². The van der Waals surface area contributed by atoms with E-state index in [1.54, 1.807) is 0 Å². The highest BCUT2D eigenvalue weighted by Gasteiger charge is 2.45. The molecular weight excluding hydrogens is 272 g/mol. The Kier molecular flexibility index (Phi) is 4.41. The van der Waals surface area contributed by atoms with Crippen molar-refractivity contribution in [1.82, 2.24) is 0 Å². The number of ether oxygens (including phenoxy) is 2. The molecule has 0 bridgehead atoms. The van der Waals surface area contributed by atoms with Gasteiger partial charge in [0.25, 0.3) is 0 Å². The molecular formula is C12H16O8. The van der Waals surface area contributed by atoms with Gasteiger partial charge < -0.3 is 34.3 Å². The Morgan fingerprint density at radius 2 is 1.95 bits per heavy atom. The summed E-state index contributed by atoms with van der Waals surface area (Å²) in [4.78, 5) is 11.6. The highest BCUT2D eigenvalue weighted by Crippen LogP contribution is 2.24. The summed E-state index contributed by atoms with van der Waals surface area (Å²) in [5, 5.41) is 38.1. The summed E-state index contributed by atoms with van der Waals surface area (Å²) in [6.07, 6.45) is -5.95. The molecule has 20 heavy (non-hydrogen) atoms. The molecule has 0 saturated carbocycles. The second kappa shape index (κ2) is 5.90. The Labute approximate surface area is 113 Å². The molecule has 0 radical (unpaired) electrons. The molecule has 2 rings (SSSR count). The maximum absolute atomic E-state index is 11.6. The van der Waals surface area contributed by atoms with Crippen LogP contribution in [-0.2, 0) is 4.74 Å². The van der Waals surface area contributed by atoms with Crippen molar-refractivity contribution in [3.8, 4) is 5.75 Å². The number of aliphatic hydroxyl groups excluding tert-OH is 4. The topological polar surface area (TPSA) is 130 Å². The molecule has 0 aromatic carbocycles. The number of hydrogen-bond acceptors (Lipinski definition) is 8. The lowest BCUT2D eigenvalue weighted by Crippen LogP contribution is -2.60. The fraction of sp³-hybridized carbons (Fsp3) is 0.583. The Balaban J connectivity index is 2.22. The fourth-order valence-electron chi connectivity index (χ4n) is 1.92. The van der Waals surface area contributed by atoms with Crippen molar-refractivity contribution in [1.29, 1.82) is 0 Å². The SMILES string of the molecule is Cc1occc(=O)c1O[C@H]1O[C@H](CO)[C@@H](O)[C@H](O)[C@H]1O. The molecule has 1 aliphatic rings. The smallest absolute Gasteiger partial charge is 0.229 e. The van der Waals surface area contributed by atoms with Gasteiger partial charge in [-0.3, -0.25) is 4.79 Å². The zero-order chi connectivity index (χ0) is 14.9. The van der Waals surface area contributed by atoms with E-state index in [4.69, 9.17) is 19.0 Å². The van der Waals surface area contributed by atoms with Gasteiger partial charge >= 0.3 is 0 Å². The first kappa shape index (κ1) is 14.9. The average Bonchev–Trinajstić information content (AvgIpc) is 2.43. The molecule has 2 heterocycles. The molecule has 0 amide bonds. The predicted octanol–water partition coefficient (Wildman–Crippen LogP) is -1.87. The van der Waals surface area contributed by atoms with Gasteiger partial charge in [-0.2, -0.15) is 0 Å². The quantitative estimate of drug-likeness (QED) is 0.509. The zero-order valence-corrected chi connectivity index (χ0v) is 10.7. The Morgan fingerprint density at radius 3 is 2.55 bits per heavy atom. The van der Waals surface area contributed by atoms with Crippen LogP contribution in [-0.4, -0.2) is 57.7 Å². The predicted molar refractivity (Wildman–Crippen MR) is 64.1 cm³/mol. The van der Waals surface area contributed by atoms with Gasteiger partial charge in [-0.15, -0.1) is 0 Å². The van der Waals surface area contributed by atoms with Crippen LogP contribution in [0.25, 0.3) is 0 Å². The summed E-state index contributed by atoms with van der Waals surface area (Å²) in [5.41, 5.74) is -0.481. The van der Waals surface area contributed by atoms with Crippen molar-refractivity contribution in [2.24, 2.45) is 0 Å². The lowest BCUT2D eigenvalue weighted by atomic mass is 9.99. The minimum Gasteiger partial charge on any atom is -0.465 e. The van der Waals surface area contributed by atoms with E-state index in [1.807, 2.05) is 0 Å². The van der Waals surface area contributed by atoms with Crippen LogP contribution in [0.4, 0.5) is 0 Å². The van der Waals surface area contributed by atoms with Gasteiger partial charge in [-0.05, 0) is 6.92 Å². The molecule has 1 aromatic heterocycles. The monoisotopic (exact) mass is 288 g/mol. The molecule has 1 fully saturated rings. The molecule has 1 aliphatic heterocycles. The molecule has 1 saturated heterocycles. The number of hydrogen-bond donors (Lipinski definition) is 4. The summed E-state index contributed by atoms with van der Waals surface area (Å²) < 4.78 is 15.3. The van der Waals surface area contributed by atoms with E-state index < -0.39 is 42.7 Å². The van der Waals surface area contributed by atoms with Crippen molar-refractivity contribution in [3.63, 3.8) is 0 Å². The first-order valence-corrected chi connectivity index (χ1v) is 6.01. The van der Waals surface area contributed by atoms with E-state index in [0.29, 0.717) is 0 Å². The Hall–Kier alpha value is -1.45. The second-order valence-corrected chi connectivity index (χ2v) is 4.49. The summed E-state index contributed by atoms with van der Waals surface area (Å²) in [7, 11) is 0. The molecule has 1 aromatic rings. The van der Waals surface area contributed by atoms with Crippen LogP contribution in [0.1, 0.15) is 5.76 Å². The minimum absolute atomic E-state index is 0.170. The van der Waals surface area contributed by atoms with Crippen LogP contribution < -0.4 is 10.2 Å². The Morgan fingerprint density at radius 1 is 1.25 bits per heavy atom. The molecule has 4 N–H and O–H groups in total. The molecule has 0 aliphatic carbocycles. The van der Waals surface area contributed by atoms with Crippen molar-refractivity contribution in [2.75, 3.05) is 6.61 Å². The standard InChI is InChI=1S/C12H16O8/c1-5-11(6(14)2-3-18-5)20-12-10(17)9(16)8(15)7(4-13)19-12/h2-3,7-10,12-13,15-17H,4H2,1H3/t7-,8-,9+,10-,12-/m1/s1. The van der Waals surface area contributed by atoms with Gasteiger partial charge in [0.1, 0.15) is 30.2 Å². The van der Waals surface area contributed by atoms with E-state index >= 15 is 0 Å². The summed E-state index contributed by atoms with van der Waals surface area (Å²) >= 11 is 0. The third-order valence-corrected chi connectivity index (χ3v) is 3.09. The Bertz CT molecular complexity index is 510. The van der Waals surface area contributed by atoms with Crippen LogP contribution in [0.15, 0.2) is 21.5 Å². The van der Waals surface area contributed by atoms with Gasteiger partial charge in [0, 0.05) is 6.07 Å². The third-order valence-electron chi connectivity index (χ3n) is 3.09. The maximum Gasteiger partial charge on any atom is 0.229 e. The molecule has 0 unspecified atom stereocenters. The lowest BCUT2D eigenvalue weighted by Gasteiger charge is -2.39. The average molecular weight is 288 g/mol. The van der Waals surface area contributed by atoms with Crippen LogP contribution in [0.3, 0.4) is 0 Å². The summed E-state index contributed by atoms with van der Waals surface area (Å²) in [6.45, 7) is 0.911. The van der Waals surface area contributed by atoms with Crippen LogP contribution in [0.2, 0.25) is 0 Å². The molecule has 112 valence electrons. The molecule has 5 atom stereocenters. The molecule has 8 heteroatoms. The van der Waals surface area contributed by atoms with Gasteiger partial charge in [-0.25, -0.2) is 0 Å². The van der Waals surface area contributed by atoms with E-state index in [1.165, 1.54) is 13.2 Å². The first-order valence-electron chi connectivity index (χ1n) is 6.01. The van der Waals surface area contributed by atoms with Crippen LogP contribution in [0, 0.1) is 6.92 Å². The van der Waals surface area contributed by atoms with Gasteiger partial charge in [0.05, 0.1) is 12.9 Å². The fourth-order valence-corrected chi connectivity index (χ4v) is 1.92. The maximum atomic E-state index is 11.6. The largest absolute Gasteiger partial charge is 0.465 e. The number of rotatable bonds is 3. The van der Waals surface area contributed by atoms with Gasteiger partial charge in [-0.1, -0.05) is 0 Å². The van der Waals surface area contributed by atoms with E-state index in [9.17, 15) is 20.1 Å². The first-order chi connectivity index (χ1) is 9.45. The van der Waals surface area contributed by atoms with Crippen LogP contribution in [0.5, 0.6) is 5.75 Å². The normalized spacial score (nSPS) is 34.0. The molecule has 0 spiro atoms. The second-order valence-electron chi connectivity index (χ2n) is 4.49. The highest BCUT2D eigenvalue weighted by molar-refractivity contribution is 5.23. The van der Waals surface area contributed by atoms with Crippen molar-refractivity contribution in [2.45, 2.75) is 37.6 Å². The lowest BCUT2D eigenvalue weighted by molar-refractivity contribution is -0.277. The van der Waals surface area contributed by atoms with E-state index in [0.717, 1.165) is 6.07 Å². The third kappa shape index (κ3) is 2.69. The van der Waals surface area contributed by atoms with Crippen molar-refractivity contribution >= 4 is 0 Å². The van der Waals surface area contributed by atoms with Crippen molar-refractivity contribution < 1.29 is 34.3 Å². The molecule has 8 nitrogen and oxygen atoms in total. The highest BCUT2D eigenvalue weighted by atomic mass is 16.7. The van der Waals surface area contributed by atoms with E-state index in [-0.39, 0.29) is 11.5 Å². The van der Waals surface area contributed by atoms with E-state index in [2.05, 4.69) is 0 Å². The number of aryl methyl sites for hydroxylation is 1. The minimum atomic E-state index is -1.58.